The number of ether oxygens (including phenoxy) is 1. The number of benzene rings is 13. The van der Waals surface area contributed by atoms with Crippen LogP contribution in [0.25, 0.3) is 72.5 Å². The third-order valence-corrected chi connectivity index (χ3v) is 19.8. The van der Waals surface area contributed by atoms with E-state index in [0.29, 0.717) is 0 Å². The lowest BCUT2D eigenvalue weighted by molar-refractivity contribution is 0.438. The zero-order chi connectivity index (χ0) is 61.5. The van der Waals surface area contributed by atoms with Gasteiger partial charge >= 0.3 is 0 Å². The molecule has 1 heterocycles. The summed E-state index contributed by atoms with van der Waals surface area (Å²) in [7, 11) is 0. The van der Waals surface area contributed by atoms with Gasteiger partial charge in [-0.05, 0) is 168 Å². The van der Waals surface area contributed by atoms with Crippen LogP contribution in [0.15, 0.2) is 334 Å². The molecule has 17 rings (SSSR count). The molecule has 0 saturated heterocycles. The normalized spacial score (nSPS) is 14.9. The summed E-state index contributed by atoms with van der Waals surface area (Å²) in [5.41, 5.74) is 31.2. The molecular weight excluding hydrogens is 1110 g/mol. The number of nitrogens with zero attached hydrogens (tertiary/aromatic N) is 2. The fourth-order valence-corrected chi connectivity index (χ4v) is 15.7. The van der Waals surface area contributed by atoms with Gasteiger partial charge in [0.1, 0.15) is 11.5 Å². The highest BCUT2D eigenvalue weighted by Gasteiger charge is 2.53. The first kappa shape index (κ1) is 54.6. The molecule has 1 spiro atoms. The minimum atomic E-state index is -0.741. The Morgan fingerprint density at radius 1 is 0.380 bits per heavy atom. The van der Waals surface area contributed by atoms with Gasteiger partial charge in [0.15, 0.2) is 0 Å². The third kappa shape index (κ3) is 8.57. The molecule has 1 unspecified atom stereocenters. The first-order chi connectivity index (χ1) is 45.4. The molecule has 13 aromatic rings. The van der Waals surface area contributed by atoms with Gasteiger partial charge in [0.25, 0.3) is 0 Å². The zero-order valence-electron chi connectivity index (χ0n) is 51.4. The zero-order valence-corrected chi connectivity index (χ0v) is 51.4. The van der Waals surface area contributed by atoms with Crippen molar-refractivity contribution in [3.63, 3.8) is 0 Å². The van der Waals surface area contributed by atoms with Crippen LogP contribution in [-0.4, -0.2) is 0 Å². The van der Waals surface area contributed by atoms with Crippen molar-refractivity contribution in [3.8, 4) is 78.3 Å². The highest BCUT2D eigenvalue weighted by atomic mass is 16.5. The van der Waals surface area contributed by atoms with Crippen LogP contribution in [0.3, 0.4) is 0 Å². The molecule has 92 heavy (non-hydrogen) atoms. The van der Waals surface area contributed by atoms with E-state index in [4.69, 9.17) is 4.74 Å². The summed E-state index contributed by atoms with van der Waals surface area (Å²) in [6, 6.07) is 112. The van der Waals surface area contributed by atoms with Gasteiger partial charge in [0.05, 0.1) is 16.8 Å². The number of anilines is 5. The molecule has 0 bridgehead atoms. The lowest BCUT2D eigenvalue weighted by Crippen LogP contribution is -2.33. The molecule has 4 aliphatic rings. The Kier molecular flexibility index (Phi) is 13.0. The Balaban J connectivity index is 0.804. The Morgan fingerprint density at radius 2 is 0.913 bits per heavy atom. The highest BCUT2D eigenvalue weighted by Crippen LogP contribution is 2.65. The smallest absolute Gasteiger partial charge is 0.140 e. The summed E-state index contributed by atoms with van der Waals surface area (Å²) in [4.78, 5) is 4.86. The highest BCUT2D eigenvalue weighted by molar-refractivity contribution is 5.98. The molecule has 13 aromatic carbocycles. The van der Waals surface area contributed by atoms with Gasteiger partial charge < -0.3 is 14.5 Å². The van der Waals surface area contributed by atoms with Gasteiger partial charge in [-0.1, -0.05) is 281 Å². The molecule has 0 amide bonds. The molecule has 3 heteroatoms. The van der Waals surface area contributed by atoms with E-state index >= 15 is 0 Å². The van der Waals surface area contributed by atoms with Crippen LogP contribution in [0, 0.1) is 0 Å². The maximum absolute atomic E-state index is 7.38. The van der Waals surface area contributed by atoms with Crippen LogP contribution in [0.4, 0.5) is 28.4 Å². The summed E-state index contributed by atoms with van der Waals surface area (Å²) in [5, 5.41) is 0. The van der Waals surface area contributed by atoms with Crippen LogP contribution >= 0.6 is 0 Å². The molecule has 436 valence electrons. The Morgan fingerprint density at radius 3 is 1.70 bits per heavy atom. The van der Waals surface area contributed by atoms with Crippen LogP contribution in [0.2, 0.25) is 0 Å². The van der Waals surface area contributed by atoms with E-state index in [0.717, 1.165) is 85.4 Å². The van der Waals surface area contributed by atoms with Crippen molar-refractivity contribution in [2.75, 3.05) is 9.80 Å². The predicted molar refractivity (Wildman–Crippen MR) is 383 cm³/mol. The van der Waals surface area contributed by atoms with E-state index in [9.17, 15) is 0 Å². The summed E-state index contributed by atoms with van der Waals surface area (Å²) >= 11 is 0. The van der Waals surface area contributed by atoms with Crippen molar-refractivity contribution >= 4 is 34.1 Å². The standard InChI is InChI=1S/C89H64N2O/c1-4-5-8-41-83(62-27-11-7-12-28-62)90(67-52-54-70-64(57-67)56-63-29-13-14-30-69(63)70)65-50-46-61(47-51-65)73-35-24-40-81-87(73)92-85-43-22-20-39-80(85)89(81)79-38-19-16-33-75(79)77-36-23-34-72(86(77)89)60-44-48-66(49-45-60)91(84-42-21-17-31-71(84)59-25-9-6-10-26-59)68-53-55-76-74-32-15-18-37-78(74)88(2,3)82(76)58-68/h4-55,57-58H,1,56H2,2-3H3/b8-5-,83-41+. The van der Waals surface area contributed by atoms with Crippen molar-refractivity contribution in [1.82, 2.24) is 0 Å². The number of allylic oxidation sites excluding steroid dienone is 4. The number of hydrogen-bond donors (Lipinski definition) is 0. The van der Waals surface area contributed by atoms with E-state index in [1.165, 1.54) is 83.5 Å². The van der Waals surface area contributed by atoms with Crippen molar-refractivity contribution in [1.29, 1.82) is 0 Å². The molecule has 0 N–H and O–H groups in total. The van der Waals surface area contributed by atoms with E-state index in [1.54, 1.807) is 0 Å². The fraction of sp³-hybridized carbons (Fsp3) is 0.0562. The maximum atomic E-state index is 7.38. The minimum absolute atomic E-state index is 0.168. The minimum Gasteiger partial charge on any atom is -0.456 e. The number of hydrogen-bond acceptors (Lipinski definition) is 3. The SMILES string of the molecule is C=C/C=C\C=C(/c1ccccc1)N(c1ccc(-c2cccc3c2Oc2ccccc2C32c3ccccc3-c3cccc(-c4ccc(N(c5ccc6c(c5)C(C)(C)c5ccccc5-6)c5ccccc5-c5ccccc5)cc4)c32)cc1)c1ccc2c(c1)Cc1ccccc1-2. The number of rotatable bonds is 12. The van der Waals surface area contributed by atoms with E-state index in [1.807, 2.05) is 12.2 Å². The number of fused-ring (bicyclic) bond motifs is 15. The molecular formula is C89H64N2O. The van der Waals surface area contributed by atoms with Gasteiger partial charge in [-0.2, -0.15) is 0 Å². The van der Waals surface area contributed by atoms with Gasteiger partial charge in [0, 0.05) is 50.4 Å². The fourth-order valence-electron chi connectivity index (χ4n) is 15.7. The van der Waals surface area contributed by atoms with Crippen molar-refractivity contribution in [2.24, 2.45) is 0 Å². The molecule has 1 aliphatic heterocycles. The van der Waals surface area contributed by atoms with E-state index in [2.05, 4.69) is 346 Å². The first-order valence-corrected chi connectivity index (χ1v) is 32.0. The third-order valence-electron chi connectivity index (χ3n) is 19.8. The van der Waals surface area contributed by atoms with Gasteiger partial charge in [-0.15, -0.1) is 0 Å². The second-order valence-electron chi connectivity index (χ2n) is 25.1. The topological polar surface area (TPSA) is 15.7 Å². The number of para-hydroxylation sites is 3. The average Bonchev–Trinajstić information content (AvgIpc) is 1.46. The lowest BCUT2D eigenvalue weighted by Gasteiger charge is -2.41. The second-order valence-corrected chi connectivity index (χ2v) is 25.1. The van der Waals surface area contributed by atoms with Gasteiger partial charge in [-0.25, -0.2) is 0 Å². The van der Waals surface area contributed by atoms with Crippen LogP contribution in [0.1, 0.15) is 63.9 Å². The largest absolute Gasteiger partial charge is 0.456 e. The molecule has 0 radical (unpaired) electrons. The molecule has 0 saturated carbocycles. The summed E-state index contributed by atoms with van der Waals surface area (Å²) in [5.74, 6) is 1.70. The second kappa shape index (κ2) is 21.9. The predicted octanol–water partition coefficient (Wildman–Crippen LogP) is 23.4. The van der Waals surface area contributed by atoms with Crippen LogP contribution < -0.4 is 14.5 Å². The summed E-state index contributed by atoms with van der Waals surface area (Å²) < 4.78 is 7.38. The Hall–Kier alpha value is -11.5. The molecule has 0 fully saturated rings. The van der Waals surface area contributed by atoms with Gasteiger partial charge in [0.2, 0.25) is 0 Å². The van der Waals surface area contributed by atoms with Crippen molar-refractivity contribution in [3.05, 3.63) is 384 Å². The quantitative estimate of drug-likeness (QED) is 0.113. The van der Waals surface area contributed by atoms with Gasteiger partial charge in [-0.3, -0.25) is 0 Å². The lowest BCUT2D eigenvalue weighted by atomic mass is 9.64. The molecule has 3 aliphatic carbocycles. The van der Waals surface area contributed by atoms with Crippen LogP contribution in [-0.2, 0) is 17.3 Å². The maximum Gasteiger partial charge on any atom is 0.140 e. The van der Waals surface area contributed by atoms with Crippen LogP contribution in [0.5, 0.6) is 11.5 Å². The molecule has 1 atom stereocenters. The first-order valence-electron chi connectivity index (χ1n) is 32.0. The monoisotopic (exact) mass is 1180 g/mol. The van der Waals surface area contributed by atoms with E-state index < -0.39 is 5.41 Å². The van der Waals surface area contributed by atoms with Crippen molar-refractivity contribution < 1.29 is 4.74 Å². The Labute approximate surface area is 539 Å². The summed E-state index contributed by atoms with van der Waals surface area (Å²) in [6.07, 6.45) is 8.99. The summed E-state index contributed by atoms with van der Waals surface area (Å²) in [6.45, 7) is 8.73. The van der Waals surface area contributed by atoms with E-state index in [-0.39, 0.29) is 5.41 Å². The molecule has 0 aromatic heterocycles. The Bertz CT molecular complexity index is 5150. The molecule has 3 nitrogen and oxygen atoms in total. The average molecular weight is 1180 g/mol. The van der Waals surface area contributed by atoms with Crippen molar-refractivity contribution in [2.45, 2.75) is 31.1 Å².